The van der Waals surface area contributed by atoms with Crippen LogP contribution in [0, 0.1) is 0 Å². The molecule has 3 heterocycles. The minimum Gasteiger partial charge on any atom is -0.369 e. The van der Waals surface area contributed by atoms with Crippen LogP contribution in [-0.2, 0) is 4.79 Å². The van der Waals surface area contributed by atoms with E-state index < -0.39 is 0 Å². The smallest absolute Gasteiger partial charge is 0.251 e. The van der Waals surface area contributed by atoms with Gasteiger partial charge in [0.25, 0.3) is 5.91 Å². The van der Waals surface area contributed by atoms with E-state index in [-0.39, 0.29) is 17.9 Å². The molecule has 35 heavy (non-hydrogen) atoms. The van der Waals surface area contributed by atoms with Crippen molar-refractivity contribution in [1.29, 1.82) is 0 Å². The Morgan fingerprint density at radius 2 is 1.86 bits per heavy atom. The van der Waals surface area contributed by atoms with Crippen molar-refractivity contribution in [2.45, 2.75) is 31.7 Å². The molecule has 186 valence electrons. The summed E-state index contributed by atoms with van der Waals surface area (Å²) in [7, 11) is 1.82. The average molecular weight is 496 g/mol. The third-order valence-electron chi connectivity index (χ3n) is 7.51. The summed E-state index contributed by atoms with van der Waals surface area (Å²) in [4.78, 5) is 34.4. The summed E-state index contributed by atoms with van der Waals surface area (Å²) in [5.74, 6) is 0.0467. The number of amides is 2. The fourth-order valence-electron chi connectivity index (χ4n) is 5.50. The molecule has 0 aromatic heterocycles. The molecule has 2 saturated heterocycles. The van der Waals surface area contributed by atoms with Crippen molar-refractivity contribution in [3.05, 3.63) is 53.1 Å². The van der Waals surface area contributed by atoms with Gasteiger partial charge in [-0.3, -0.25) is 14.5 Å². The van der Waals surface area contributed by atoms with E-state index in [0.29, 0.717) is 12.1 Å². The molecule has 0 spiro atoms. The highest BCUT2D eigenvalue weighted by Crippen LogP contribution is 2.39. The van der Waals surface area contributed by atoms with Gasteiger partial charge in [-0.1, -0.05) is 17.7 Å². The lowest BCUT2D eigenvalue weighted by molar-refractivity contribution is -0.120. The number of anilines is 3. The van der Waals surface area contributed by atoms with Gasteiger partial charge >= 0.3 is 0 Å². The minimum absolute atomic E-state index is 0.0618. The van der Waals surface area contributed by atoms with E-state index in [0.717, 1.165) is 81.3 Å². The van der Waals surface area contributed by atoms with E-state index in [1.807, 2.05) is 43.4 Å². The maximum atomic E-state index is 12.9. The Hall–Kier alpha value is -2.77. The zero-order valence-corrected chi connectivity index (χ0v) is 21.1. The Morgan fingerprint density at radius 1 is 1.03 bits per heavy atom. The van der Waals surface area contributed by atoms with Crippen molar-refractivity contribution in [2.75, 3.05) is 67.6 Å². The molecular formula is C27H34ClN5O2. The Bertz CT molecular complexity index is 1080. The molecule has 0 bridgehead atoms. The van der Waals surface area contributed by atoms with E-state index in [4.69, 9.17) is 11.6 Å². The second kappa shape index (κ2) is 10.5. The number of nitrogens with one attached hydrogen (secondary N) is 1. The molecule has 3 aliphatic rings. The highest BCUT2D eigenvalue weighted by Gasteiger charge is 2.38. The maximum absolute atomic E-state index is 12.9. The van der Waals surface area contributed by atoms with Crippen molar-refractivity contribution in [3.63, 3.8) is 0 Å². The monoisotopic (exact) mass is 495 g/mol. The first kappa shape index (κ1) is 23.9. The largest absolute Gasteiger partial charge is 0.369 e. The molecule has 5 rings (SSSR count). The van der Waals surface area contributed by atoms with Crippen LogP contribution in [0.5, 0.6) is 0 Å². The van der Waals surface area contributed by atoms with Gasteiger partial charge < -0.3 is 20.0 Å². The molecule has 2 aromatic carbocycles. The number of hydrogen-bond acceptors (Lipinski definition) is 5. The molecule has 0 aliphatic carbocycles. The maximum Gasteiger partial charge on any atom is 0.251 e. The number of halogens is 1. The summed E-state index contributed by atoms with van der Waals surface area (Å²) in [6.07, 6.45) is 4.00. The van der Waals surface area contributed by atoms with Gasteiger partial charge in [0.15, 0.2) is 0 Å². The van der Waals surface area contributed by atoms with Gasteiger partial charge in [-0.2, -0.15) is 0 Å². The zero-order valence-electron chi connectivity index (χ0n) is 20.4. The van der Waals surface area contributed by atoms with Gasteiger partial charge in [-0.05, 0) is 68.6 Å². The molecule has 3 aliphatic heterocycles. The van der Waals surface area contributed by atoms with Gasteiger partial charge in [0.05, 0.1) is 11.4 Å². The molecule has 0 saturated carbocycles. The van der Waals surface area contributed by atoms with Crippen LogP contribution in [-0.4, -0.2) is 75.6 Å². The molecule has 7 nitrogen and oxygen atoms in total. The third-order valence-corrected chi connectivity index (χ3v) is 7.74. The Labute approximate surface area is 212 Å². The van der Waals surface area contributed by atoms with Crippen molar-refractivity contribution >= 4 is 40.5 Å². The normalized spacial score (nSPS) is 20.5. The molecule has 2 fully saturated rings. The van der Waals surface area contributed by atoms with Crippen LogP contribution >= 0.6 is 11.6 Å². The van der Waals surface area contributed by atoms with Crippen LogP contribution in [0.3, 0.4) is 0 Å². The van der Waals surface area contributed by atoms with Crippen LogP contribution in [0.25, 0.3) is 0 Å². The number of nitrogens with zero attached hydrogens (tertiary/aromatic N) is 4. The number of piperazine rings is 1. The van der Waals surface area contributed by atoms with Gasteiger partial charge in [0.1, 0.15) is 6.04 Å². The van der Waals surface area contributed by atoms with Crippen molar-refractivity contribution in [2.24, 2.45) is 0 Å². The summed E-state index contributed by atoms with van der Waals surface area (Å²) < 4.78 is 0. The topological polar surface area (TPSA) is 59.1 Å². The summed E-state index contributed by atoms with van der Waals surface area (Å²) in [5, 5.41) is 3.83. The first-order valence-corrected chi connectivity index (χ1v) is 13.1. The number of fused-ring (bicyclic) bond motifs is 3. The molecule has 1 N–H and O–H groups in total. The van der Waals surface area contributed by atoms with E-state index in [2.05, 4.69) is 26.1 Å². The Balaban J connectivity index is 1.10. The van der Waals surface area contributed by atoms with E-state index in [9.17, 15) is 9.59 Å². The first-order valence-electron chi connectivity index (χ1n) is 12.7. The number of likely N-dealkylation sites (N-methyl/N-ethyl adjacent to an activating group) is 1. The predicted octanol–water partition coefficient (Wildman–Crippen LogP) is 3.62. The average Bonchev–Trinajstić information content (AvgIpc) is 2.89. The second-order valence-corrected chi connectivity index (χ2v) is 10.2. The van der Waals surface area contributed by atoms with Gasteiger partial charge in [0.2, 0.25) is 5.91 Å². The van der Waals surface area contributed by atoms with E-state index in [1.54, 1.807) is 4.90 Å². The molecule has 1 atom stereocenters. The van der Waals surface area contributed by atoms with Gasteiger partial charge in [0, 0.05) is 62.6 Å². The van der Waals surface area contributed by atoms with Crippen molar-refractivity contribution in [3.8, 4) is 0 Å². The van der Waals surface area contributed by atoms with E-state index in [1.165, 1.54) is 5.69 Å². The van der Waals surface area contributed by atoms with Crippen LogP contribution in [0.15, 0.2) is 42.5 Å². The van der Waals surface area contributed by atoms with Crippen LogP contribution in [0.2, 0.25) is 5.02 Å². The predicted molar refractivity (Wildman–Crippen MR) is 142 cm³/mol. The SMILES string of the molecule is CN1C(=O)C2CCCCN2c2ccc(C(=O)NCCCN3CCN(c4cccc(Cl)c4)CC3)cc21. The lowest BCUT2D eigenvalue weighted by Gasteiger charge is -2.44. The molecule has 1 unspecified atom stereocenters. The second-order valence-electron chi connectivity index (χ2n) is 9.72. The number of piperidine rings is 1. The number of hydrogen-bond donors (Lipinski definition) is 1. The van der Waals surface area contributed by atoms with Crippen molar-refractivity contribution < 1.29 is 9.59 Å². The van der Waals surface area contributed by atoms with Crippen LogP contribution in [0.1, 0.15) is 36.0 Å². The fourth-order valence-corrected chi connectivity index (χ4v) is 5.69. The van der Waals surface area contributed by atoms with Crippen LogP contribution < -0.4 is 20.0 Å². The highest BCUT2D eigenvalue weighted by atomic mass is 35.5. The standard InChI is InChI=1S/C27H34ClN5O2/c1-30-25-18-20(9-10-23(25)33-13-3-2-8-24(33)27(30)35)26(34)29-11-5-12-31-14-16-32(17-15-31)22-7-4-6-21(28)19-22/h4,6-7,9-10,18-19,24H,2-3,5,8,11-17H2,1H3,(H,29,34). The molecule has 8 heteroatoms. The number of rotatable bonds is 6. The summed E-state index contributed by atoms with van der Waals surface area (Å²) in [5.41, 5.74) is 3.68. The molecular weight excluding hydrogens is 462 g/mol. The Morgan fingerprint density at radius 3 is 2.66 bits per heavy atom. The Kier molecular flexibility index (Phi) is 7.16. The summed E-state index contributed by atoms with van der Waals surface area (Å²) in [6, 6.07) is 13.7. The number of carbonyl (C=O) groups excluding carboxylic acids is 2. The first-order chi connectivity index (χ1) is 17.0. The zero-order chi connectivity index (χ0) is 24.4. The fraction of sp³-hybridized carbons (Fsp3) is 0.481. The number of benzene rings is 2. The molecule has 0 radical (unpaired) electrons. The highest BCUT2D eigenvalue weighted by molar-refractivity contribution is 6.30. The minimum atomic E-state index is -0.0832. The molecule has 2 amide bonds. The molecule has 2 aromatic rings. The summed E-state index contributed by atoms with van der Waals surface area (Å²) in [6.45, 7) is 6.45. The van der Waals surface area contributed by atoms with Crippen LogP contribution in [0.4, 0.5) is 17.1 Å². The summed E-state index contributed by atoms with van der Waals surface area (Å²) >= 11 is 6.13. The van der Waals surface area contributed by atoms with Crippen molar-refractivity contribution in [1.82, 2.24) is 10.2 Å². The van der Waals surface area contributed by atoms with E-state index >= 15 is 0 Å². The number of carbonyl (C=O) groups is 2. The van der Waals surface area contributed by atoms with Gasteiger partial charge in [-0.25, -0.2) is 0 Å². The lowest BCUT2D eigenvalue weighted by atomic mass is 9.96. The lowest BCUT2D eigenvalue weighted by Crippen LogP contribution is -2.54. The third kappa shape index (κ3) is 5.11. The van der Waals surface area contributed by atoms with Gasteiger partial charge in [-0.15, -0.1) is 0 Å². The quantitative estimate of drug-likeness (QED) is 0.620.